The van der Waals surface area contributed by atoms with Gasteiger partial charge in [0.25, 0.3) is 0 Å². The molecular weight excluding hydrogens is 232 g/mol. The maximum absolute atomic E-state index is 11.0. The summed E-state index contributed by atoms with van der Waals surface area (Å²) in [5.74, 6) is -1.09. The maximum atomic E-state index is 11.0. The maximum Gasteiger partial charge on any atom is 0.339 e. The molecule has 0 unspecified atom stereocenters. The molecule has 0 spiro atoms. The zero-order valence-corrected chi connectivity index (χ0v) is 10.2. The molecule has 0 aliphatic heterocycles. The van der Waals surface area contributed by atoms with Crippen LogP contribution < -0.4 is 0 Å². The van der Waals surface area contributed by atoms with E-state index in [4.69, 9.17) is 5.11 Å². The van der Waals surface area contributed by atoms with Gasteiger partial charge in [0.1, 0.15) is 15.4 Å². The summed E-state index contributed by atoms with van der Waals surface area (Å²) in [6.07, 6.45) is 1.14. The SMILES string of the molecule is Cc1nn(CCS(C)(=O)=O)c(C)c1C(=O)O. The first-order valence-electron chi connectivity index (χ1n) is 4.67. The van der Waals surface area contributed by atoms with Crippen molar-refractivity contribution >= 4 is 15.8 Å². The Morgan fingerprint density at radius 1 is 1.44 bits per heavy atom. The minimum atomic E-state index is -3.07. The van der Waals surface area contributed by atoms with Gasteiger partial charge in [0, 0.05) is 6.26 Å². The average Bonchev–Trinajstić information content (AvgIpc) is 2.36. The van der Waals surface area contributed by atoms with Gasteiger partial charge in [-0.15, -0.1) is 0 Å². The zero-order valence-electron chi connectivity index (χ0n) is 9.39. The van der Waals surface area contributed by atoms with Crippen molar-refractivity contribution in [2.75, 3.05) is 12.0 Å². The minimum Gasteiger partial charge on any atom is -0.478 e. The number of carboxylic acids is 1. The monoisotopic (exact) mass is 246 g/mol. The van der Waals surface area contributed by atoms with Crippen LogP contribution in [0.4, 0.5) is 0 Å². The highest BCUT2D eigenvalue weighted by Crippen LogP contribution is 2.12. The second kappa shape index (κ2) is 4.25. The number of aryl methyl sites for hydroxylation is 2. The van der Waals surface area contributed by atoms with Gasteiger partial charge >= 0.3 is 5.97 Å². The van der Waals surface area contributed by atoms with Crippen molar-refractivity contribution in [1.29, 1.82) is 0 Å². The molecule has 0 saturated carbocycles. The van der Waals surface area contributed by atoms with Crippen LogP contribution in [0, 0.1) is 13.8 Å². The Kier molecular flexibility index (Phi) is 3.37. The predicted molar refractivity (Wildman–Crippen MR) is 58.4 cm³/mol. The van der Waals surface area contributed by atoms with Crippen molar-refractivity contribution in [3.05, 3.63) is 17.0 Å². The minimum absolute atomic E-state index is 0.0476. The zero-order chi connectivity index (χ0) is 12.5. The Balaban J connectivity index is 3.00. The standard InChI is InChI=1S/C9H14N2O4S/c1-6-8(9(12)13)7(2)11(10-6)4-5-16(3,14)15/h4-5H2,1-3H3,(H,12,13). The molecule has 1 rings (SSSR count). The Hall–Kier alpha value is -1.37. The molecule has 0 aromatic carbocycles. The predicted octanol–water partition coefficient (Wildman–Crippen LogP) is 0.243. The van der Waals surface area contributed by atoms with E-state index < -0.39 is 15.8 Å². The van der Waals surface area contributed by atoms with Crippen LogP contribution in [-0.2, 0) is 16.4 Å². The fraction of sp³-hybridized carbons (Fsp3) is 0.556. The first-order chi connectivity index (χ1) is 7.22. The normalized spacial score (nSPS) is 11.7. The third-order valence-electron chi connectivity index (χ3n) is 2.27. The Labute approximate surface area is 93.8 Å². The summed E-state index contributed by atoms with van der Waals surface area (Å²) < 4.78 is 23.4. The van der Waals surface area contributed by atoms with Gasteiger partial charge in [-0.05, 0) is 13.8 Å². The highest BCUT2D eigenvalue weighted by Gasteiger charge is 2.18. The topological polar surface area (TPSA) is 89.3 Å². The van der Waals surface area contributed by atoms with E-state index in [1.54, 1.807) is 13.8 Å². The molecule has 7 heteroatoms. The molecule has 90 valence electrons. The number of aromatic carboxylic acids is 1. The van der Waals surface area contributed by atoms with E-state index in [9.17, 15) is 13.2 Å². The molecule has 0 saturated heterocycles. The van der Waals surface area contributed by atoms with Crippen LogP contribution in [0.25, 0.3) is 0 Å². The van der Waals surface area contributed by atoms with Gasteiger partial charge in [0.2, 0.25) is 0 Å². The number of aromatic nitrogens is 2. The smallest absolute Gasteiger partial charge is 0.339 e. The van der Waals surface area contributed by atoms with Crippen LogP contribution in [0.15, 0.2) is 0 Å². The number of hydrogen-bond donors (Lipinski definition) is 1. The summed E-state index contributed by atoms with van der Waals surface area (Å²) in [4.78, 5) is 10.9. The van der Waals surface area contributed by atoms with Crippen molar-refractivity contribution < 1.29 is 18.3 Å². The summed E-state index contributed by atoms with van der Waals surface area (Å²) in [6, 6.07) is 0. The van der Waals surface area contributed by atoms with Crippen LogP contribution in [0.3, 0.4) is 0 Å². The lowest BCUT2D eigenvalue weighted by Gasteiger charge is -2.02. The summed E-state index contributed by atoms with van der Waals surface area (Å²) in [5.41, 5.74) is 1.03. The lowest BCUT2D eigenvalue weighted by atomic mass is 10.2. The van der Waals surface area contributed by atoms with Gasteiger partial charge in [-0.3, -0.25) is 4.68 Å². The van der Waals surface area contributed by atoms with Crippen molar-refractivity contribution in [1.82, 2.24) is 9.78 Å². The molecule has 0 bridgehead atoms. The number of carbonyl (C=O) groups is 1. The third kappa shape index (κ3) is 2.82. The molecule has 0 radical (unpaired) electrons. The first-order valence-corrected chi connectivity index (χ1v) is 6.73. The van der Waals surface area contributed by atoms with E-state index in [0.717, 1.165) is 6.26 Å². The molecule has 6 nitrogen and oxygen atoms in total. The number of rotatable bonds is 4. The highest BCUT2D eigenvalue weighted by molar-refractivity contribution is 7.90. The summed E-state index contributed by atoms with van der Waals surface area (Å²) in [7, 11) is -3.07. The first kappa shape index (κ1) is 12.7. The molecule has 1 N–H and O–H groups in total. The molecule has 0 aliphatic rings. The Morgan fingerprint density at radius 3 is 2.38 bits per heavy atom. The van der Waals surface area contributed by atoms with Gasteiger partial charge in [-0.1, -0.05) is 0 Å². The van der Waals surface area contributed by atoms with Crippen LogP contribution in [0.5, 0.6) is 0 Å². The van der Waals surface area contributed by atoms with Crippen molar-refractivity contribution in [2.24, 2.45) is 0 Å². The molecule has 0 atom stereocenters. The van der Waals surface area contributed by atoms with Crippen molar-refractivity contribution in [2.45, 2.75) is 20.4 Å². The summed E-state index contributed by atoms with van der Waals surface area (Å²) in [5, 5.41) is 12.9. The molecular formula is C9H14N2O4S. The molecule has 1 aromatic heterocycles. The van der Waals surface area contributed by atoms with E-state index in [-0.39, 0.29) is 17.9 Å². The van der Waals surface area contributed by atoms with Gasteiger partial charge in [0.05, 0.1) is 23.7 Å². The van der Waals surface area contributed by atoms with E-state index >= 15 is 0 Å². The Morgan fingerprint density at radius 2 is 2.00 bits per heavy atom. The highest BCUT2D eigenvalue weighted by atomic mass is 32.2. The number of nitrogens with zero attached hydrogens (tertiary/aromatic N) is 2. The van der Waals surface area contributed by atoms with Crippen LogP contribution in [0.2, 0.25) is 0 Å². The lowest BCUT2D eigenvalue weighted by Crippen LogP contribution is -2.13. The van der Waals surface area contributed by atoms with Crippen molar-refractivity contribution in [3.8, 4) is 0 Å². The van der Waals surface area contributed by atoms with Gasteiger partial charge in [0.15, 0.2) is 0 Å². The lowest BCUT2D eigenvalue weighted by molar-refractivity contribution is 0.0695. The molecule has 16 heavy (non-hydrogen) atoms. The van der Waals surface area contributed by atoms with E-state index in [1.165, 1.54) is 4.68 Å². The fourth-order valence-electron chi connectivity index (χ4n) is 1.48. The van der Waals surface area contributed by atoms with Crippen LogP contribution in [-0.4, -0.2) is 41.3 Å². The van der Waals surface area contributed by atoms with E-state index in [2.05, 4.69) is 5.10 Å². The molecule has 1 aromatic rings. The Bertz CT molecular complexity index is 516. The van der Waals surface area contributed by atoms with Gasteiger partial charge < -0.3 is 5.11 Å². The number of hydrogen-bond acceptors (Lipinski definition) is 4. The van der Waals surface area contributed by atoms with E-state index in [1.807, 2.05) is 0 Å². The molecule has 0 aliphatic carbocycles. The second-order valence-corrected chi connectivity index (χ2v) is 5.96. The molecule has 0 fully saturated rings. The number of carboxylic acid groups (broad SMARTS) is 1. The fourth-order valence-corrected chi connectivity index (χ4v) is 1.98. The van der Waals surface area contributed by atoms with Crippen LogP contribution in [0.1, 0.15) is 21.7 Å². The second-order valence-electron chi connectivity index (χ2n) is 3.70. The van der Waals surface area contributed by atoms with Crippen molar-refractivity contribution in [3.63, 3.8) is 0 Å². The summed E-state index contributed by atoms with van der Waals surface area (Å²) >= 11 is 0. The largest absolute Gasteiger partial charge is 0.478 e. The van der Waals surface area contributed by atoms with Crippen LogP contribution >= 0.6 is 0 Å². The summed E-state index contributed by atoms with van der Waals surface area (Å²) in [6.45, 7) is 3.39. The molecule has 0 amide bonds. The quantitative estimate of drug-likeness (QED) is 0.822. The van der Waals surface area contributed by atoms with E-state index in [0.29, 0.717) is 11.4 Å². The average molecular weight is 246 g/mol. The van der Waals surface area contributed by atoms with Gasteiger partial charge in [-0.25, -0.2) is 13.2 Å². The molecule has 1 heterocycles. The number of sulfone groups is 1. The van der Waals surface area contributed by atoms with Gasteiger partial charge in [-0.2, -0.15) is 5.10 Å². The third-order valence-corrected chi connectivity index (χ3v) is 3.19.